The van der Waals surface area contributed by atoms with Crippen LogP contribution in [0.4, 0.5) is 0 Å². The van der Waals surface area contributed by atoms with Gasteiger partial charge >= 0.3 is 0 Å². The molecule has 0 aliphatic rings. The van der Waals surface area contributed by atoms with Gasteiger partial charge in [0.1, 0.15) is 5.82 Å². The number of carboxylic acid groups (broad SMARTS) is 1. The van der Waals surface area contributed by atoms with Crippen LogP contribution in [0.2, 0.25) is 0 Å². The fourth-order valence-electron chi connectivity index (χ4n) is 1.72. The van der Waals surface area contributed by atoms with E-state index in [0.717, 1.165) is 43.8 Å². The molecule has 0 atom stereocenters. The van der Waals surface area contributed by atoms with Gasteiger partial charge in [0.15, 0.2) is 5.16 Å². The third kappa shape index (κ3) is 4.30. The molecule has 7 heteroatoms. The van der Waals surface area contributed by atoms with E-state index in [9.17, 15) is 9.90 Å². The number of hydrogen-bond acceptors (Lipinski definition) is 5. The van der Waals surface area contributed by atoms with Crippen LogP contribution in [0.15, 0.2) is 5.16 Å². The van der Waals surface area contributed by atoms with Gasteiger partial charge < -0.3 is 19.4 Å². The molecule has 102 valence electrons. The van der Waals surface area contributed by atoms with E-state index in [-0.39, 0.29) is 5.75 Å². The lowest BCUT2D eigenvalue weighted by Crippen LogP contribution is -3.11. The number of carboxylic acids is 1. The normalized spacial score (nSPS) is 11.1. The number of carbonyl (C=O) groups excluding carboxylic acids is 1. The number of thioether (sulfide) groups is 1. The van der Waals surface area contributed by atoms with Crippen molar-refractivity contribution in [1.82, 2.24) is 14.8 Å². The second-order valence-corrected chi connectivity index (χ2v) is 4.99. The van der Waals surface area contributed by atoms with Gasteiger partial charge in [-0.1, -0.05) is 11.8 Å². The van der Waals surface area contributed by atoms with Gasteiger partial charge in [0.05, 0.1) is 32.1 Å². The van der Waals surface area contributed by atoms with Crippen LogP contribution in [0, 0.1) is 6.92 Å². The average molecular weight is 272 g/mol. The SMILES string of the molecule is CC[NH+](CC)CCn1c(C)nnc1SCC(=O)[O-]. The van der Waals surface area contributed by atoms with E-state index >= 15 is 0 Å². The quantitative estimate of drug-likeness (QED) is 0.574. The van der Waals surface area contributed by atoms with Crippen LogP contribution in [-0.4, -0.2) is 46.1 Å². The molecule has 1 N–H and O–H groups in total. The lowest BCUT2D eigenvalue weighted by atomic mass is 10.4. The van der Waals surface area contributed by atoms with E-state index in [4.69, 9.17) is 0 Å². The van der Waals surface area contributed by atoms with E-state index < -0.39 is 5.97 Å². The molecule has 0 radical (unpaired) electrons. The minimum absolute atomic E-state index is 0.0870. The fraction of sp³-hybridized carbons (Fsp3) is 0.727. The van der Waals surface area contributed by atoms with E-state index in [1.807, 2.05) is 11.5 Å². The Morgan fingerprint density at radius 3 is 2.61 bits per heavy atom. The first kappa shape index (κ1) is 15.0. The Kier molecular flexibility index (Phi) is 6.14. The molecule has 0 amide bonds. The molecule has 1 rings (SSSR count). The first-order valence-electron chi connectivity index (χ1n) is 6.14. The van der Waals surface area contributed by atoms with Gasteiger partial charge in [-0.05, 0) is 20.8 Å². The number of aliphatic carboxylic acids is 1. The van der Waals surface area contributed by atoms with Gasteiger partial charge in [-0.3, -0.25) is 0 Å². The second-order valence-electron chi connectivity index (χ2n) is 4.05. The third-order valence-electron chi connectivity index (χ3n) is 2.91. The lowest BCUT2D eigenvalue weighted by Gasteiger charge is -2.16. The van der Waals surface area contributed by atoms with Gasteiger partial charge in [0.25, 0.3) is 0 Å². The zero-order valence-corrected chi connectivity index (χ0v) is 11.9. The number of rotatable bonds is 8. The molecular formula is C11H20N4O2S. The predicted octanol–water partition coefficient (Wildman–Crippen LogP) is -1.65. The summed E-state index contributed by atoms with van der Waals surface area (Å²) in [5, 5.41) is 19.1. The predicted molar refractivity (Wildman–Crippen MR) is 67.4 cm³/mol. The monoisotopic (exact) mass is 272 g/mol. The van der Waals surface area contributed by atoms with Crippen molar-refractivity contribution in [2.24, 2.45) is 0 Å². The van der Waals surface area contributed by atoms with Gasteiger partial charge in [0.2, 0.25) is 0 Å². The highest BCUT2D eigenvalue weighted by atomic mass is 32.2. The first-order chi connectivity index (χ1) is 8.58. The van der Waals surface area contributed by atoms with Crippen LogP contribution < -0.4 is 10.0 Å². The number of nitrogens with zero attached hydrogens (tertiary/aromatic N) is 3. The van der Waals surface area contributed by atoms with Crippen LogP contribution in [0.25, 0.3) is 0 Å². The van der Waals surface area contributed by atoms with Gasteiger partial charge in [-0.25, -0.2) is 0 Å². The summed E-state index contributed by atoms with van der Waals surface area (Å²) >= 11 is 1.16. The molecule has 0 saturated carbocycles. The minimum atomic E-state index is -1.08. The first-order valence-corrected chi connectivity index (χ1v) is 7.13. The van der Waals surface area contributed by atoms with Gasteiger partial charge in [-0.2, -0.15) is 0 Å². The van der Waals surface area contributed by atoms with Gasteiger partial charge in [-0.15, -0.1) is 10.2 Å². The summed E-state index contributed by atoms with van der Waals surface area (Å²) in [6, 6.07) is 0. The van der Waals surface area contributed by atoms with Crippen molar-refractivity contribution in [3.8, 4) is 0 Å². The maximum Gasteiger partial charge on any atom is 0.191 e. The highest BCUT2D eigenvalue weighted by Crippen LogP contribution is 2.15. The summed E-state index contributed by atoms with van der Waals surface area (Å²) in [4.78, 5) is 12.0. The highest BCUT2D eigenvalue weighted by molar-refractivity contribution is 7.99. The molecular weight excluding hydrogens is 252 g/mol. The largest absolute Gasteiger partial charge is 0.549 e. The van der Waals surface area contributed by atoms with Gasteiger partial charge in [0, 0.05) is 5.75 Å². The van der Waals surface area contributed by atoms with Crippen molar-refractivity contribution in [3.05, 3.63) is 5.82 Å². The Hall–Kier alpha value is -1.08. The maximum atomic E-state index is 10.5. The maximum absolute atomic E-state index is 10.5. The molecule has 18 heavy (non-hydrogen) atoms. The number of likely N-dealkylation sites (N-methyl/N-ethyl adjacent to an activating group) is 1. The van der Waals surface area contributed by atoms with Crippen LogP contribution in [-0.2, 0) is 11.3 Å². The summed E-state index contributed by atoms with van der Waals surface area (Å²) in [6.45, 7) is 10.2. The van der Waals surface area contributed by atoms with Crippen LogP contribution in [0.1, 0.15) is 19.7 Å². The Morgan fingerprint density at radius 2 is 2.06 bits per heavy atom. The number of aromatic nitrogens is 3. The van der Waals surface area contributed by atoms with Crippen molar-refractivity contribution < 1.29 is 14.8 Å². The molecule has 0 unspecified atom stereocenters. The van der Waals surface area contributed by atoms with Crippen molar-refractivity contribution in [1.29, 1.82) is 0 Å². The van der Waals surface area contributed by atoms with Crippen LogP contribution in [0.5, 0.6) is 0 Å². The molecule has 1 aromatic heterocycles. The number of nitrogens with one attached hydrogen (secondary N) is 1. The van der Waals surface area contributed by atoms with E-state index in [1.54, 1.807) is 0 Å². The second kappa shape index (κ2) is 7.38. The van der Waals surface area contributed by atoms with E-state index in [0.29, 0.717) is 5.16 Å². The third-order valence-corrected chi connectivity index (χ3v) is 3.85. The van der Waals surface area contributed by atoms with Crippen molar-refractivity contribution in [3.63, 3.8) is 0 Å². The minimum Gasteiger partial charge on any atom is -0.549 e. The molecule has 6 nitrogen and oxygen atoms in total. The Balaban J connectivity index is 2.63. The van der Waals surface area contributed by atoms with Crippen LogP contribution >= 0.6 is 11.8 Å². The Bertz CT molecular complexity index is 390. The average Bonchev–Trinajstić information content (AvgIpc) is 2.69. The standard InChI is InChI=1S/C11H20N4O2S/c1-4-14(5-2)6-7-15-9(3)12-13-11(15)18-8-10(16)17/h4-8H2,1-3H3,(H,16,17). The fourth-order valence-corrected chi connectivity index (χ4v) is 2.45. The highest BCUT2D eigenvalue weighted by Gasteiger charge is 2.11. The van der Waals surface area contributed by atoms with E-state index in [2.05, 4.69) is 24.0 Å². The van der Waals surface area contributed by atoms with Crippen molar-refractivity contribution in [2.45, 2.75) is 32.5 Å². The number of quaternary nitrogens is 1. The molecule has 0 bridgehead atoms. The Morgan fingerprint density at radius 1 is 1.39 bits per heavy atom. The molecule has 1 aromatic rings. The molecule has 0 saturated heterocycles. The summed E-state index contributed by atoms with van der Waals surface area (Å²) in [5.74, 6) is -0.347. The summed E-state index contributed by atoms with van der Waals surface area (Å²) in [7, 11) is 0. The number of aryl methyl sites for hydroxylation is 1. The summed E-state index contributed by atoms with van der Waals surface area (Å²) < 4.78 is 1.97. The van der Waals surface area contributed by atoms with E-state index in [1.165, 1.54) is 4.90 Å². The summed E-state index contributed by atoms with van der Waals surface area (Å²) in [5.41, 5.74) is 0. The molecule has 0 aliphatic carbocycles. The smallest absolute Gasteiger partial charge is 0.191 e. The zero-order chi connectivity index (χ0) is 13.5. The zero-order valence-electron chi connectivity index (χ0n) is 11.1. The molecule has 1 heterocycles. The van der Waals surface area contributed by atoms with Crippen molar-refractivity contribution >= 4 is 17.7 Å². The molecule has 0 fully saturated rings. The topological polar surface area (TPSA) is 75.3 Å². The lowest BCUT2D eigenvalue weighted by molar-refractivity contribution is -0.897. The molecule has 0 aliphatic heterocycles. The number of hydrogen-bond donors (Lipinski definition) is 1. The number of carbonyl (C=O) groups is 1. The van der Waals surface area contributed by atoms with Crippen LogP contribution in [0.3, 0.4) is 0 Å². The Labute approximate surface area is 111 Å². The molecule has 0 spiro atoms. The van der Waals surface area contributed by atoms with Crippen molar-refractivity contribution in [2.75, 3.05) is 25.4 Å². The summed E-state index contributed by atoms with van der Waals surface area (Å²) in [6.07, 6.45) is 0. The molecule has 0 aromatic carbocycles.